The topological polar surface area (TPSA) is 48.0 Å². The van der Waals surface area contributed by atoms with Gasteiger partial charge in [-0.1, -0.05) is 12.1 Å². The third-order valence-corrected chi connectivity index (χ3v) is 3.95. The van der Waals surface area contributed by atoms with Gasteiger partial charge in [-0.15, -0.1) is 0 Å². The van der Waals surface area contributed by atoms with Crippen LogP contribution in [0, 0.1) is 0 Å². The van der Waals surface area contributed by atoms with Crippen LogP contribution in [0.4, 0.5) is 9.18 Å². The smallest absolute Gasteiger partial charge is 0.410 e. The van der Waals surface area contributed by atoms with Crippen LogP contribution in [0.15, 0.2) is 24.3 Å². The van der Waals surface area contributed by atoms with E-state index >= 15 is 0 Å². The summed E-state index contributed by atoms with van der Waals surface area (Å²) in [4.78, 5) is 13.6. The number of rotatable bonds is 4. The van der Waals surface area contributed by atoms with E-state index in [1.165, 1.54) is 4.90 Å². The summed E-state index contributed by atoms with van der Waals surface area (Å²) in [5, 5.41) is 0. The quantitative estimate of drug-likeness (QED) is 0.822. The minimum absolute atomic E-state index is 0.0529. The summed E-state index contributed by atoms with van der Waals surface area (Å²) in [5.74, 6) is 0.787. The molecule has 6 heteroatoms. The lowest BCUT2D eigenvalue weighted by Gasteiger charge is -2.26. The highest BCUT2D eigenvalue weighted by atomic mass is 19.1. The van der Waals surface area contributed by atoms with Crippen LogP contribution in [-0.2, 0) is 16.1 Å². The summed E-state index contributed by atoms with van der Waals surface area (Å²) in [5.41, 5.74) is 0.420. The number of ether oxygens (including phenoxy) is 3. The molecule has 0 unspecified atom stereocenters. The molecule has 2 atom stereocenters. The van der Waals surface area contributed by atoms with Gasteiger partial charge < -0.3 is 19.1 Å². The minimum atomic E-state index is -1.11. The molecule has 0 N–H and O–H groups in total. The summed E-state index contributed by atoms with van der Waals surface area (Å²) in [6, 6.07) is 7.59. The van der Waals surface area contributed by atoms with Gasteiger partial charge in [-0.2, -0.15) is 0 Å². The van der Waals surface area contributed by atoms with Gasteiger partial charge >= 0.3 is 6.09 Å². The monoisotopic (exact) mass is 353 g/mol. The van der Waals surface area contributed by atoms with Crippen LogP contribution >= 0.6 is 0 Å². The second-order valence-electron chi connectivity index (χ2n) is 7.33. The first kappa shape index (κ1) is 19.5. The van der Waals surface area contributed by atoms with E-state index in [0.29, 0.717) is 19.6 Å². The van der Waals surface area contributed by atoms with Gasteiger partial charge in [0, 0.05) is 13.0 Å². The van der Waals surface area contributed by atoms with Gasteiger partial charge in [0.25, 0.3) is 0 Å². The van der Waals surface area contributed by atoms with Gasteiger partial charge in [-0.3, -0.25) is 0 Å². The first-order valence-electron chi connectivity index (χ1n) is 8.63. The molecule has 5 nitrogen and oxygen atoms in total. The van der Waals surface area contributed by atoms with Crippen molar-refractivity contribution in [3.8, 4) is 5.75 Å². The maximum atomic E-state index is 14.2. The van der Waals surface area contributed by atoms with Gasteiger partial charge in [0.15, 0.2) is 0 Å². The predicted octanol–water partition coefficient (Wildman–Crippen LogP) is 3.95. The first-order valence-corrected chi connectivity index (χ1v) is 8.63. The third kappa shape index (κ3) is 6.53. The number of benzene rings is 1. The van der Waals surface area contributed by atoms with Crippen molar-refractivity contribution in [2.45, 2.75) is 58.1 Å². The molecule has 0 radical (unpaired) electrons. The molecule has 0 aliphatic carbocycles. The van der Waals surface area contributed by atoms with Crippen molar-refractivity contribution in [1.29, 1.82) is 0 Å². The van der Waals surface area contributed by atoms with E-state index in [-0.39, 0.29) is 19.1 Å². The van der Waals surface area contributed by atoms with E-state index < -0.39 is 17.9 Å². The fourth-order valence-corrected chi connectivity index (χ4v) is 2.69. The van der Waals surface area contributed by atoms with Crippen molar-refractivity contribution in [3.05, 3.63) is 29.8 Å². The molecule has 0 aromatic heterocycles. The Hall–Kier alpha value is -1.82. The van der Waals surface area contributed by atoms with Crippen LogP contribution in [0.3, 0.4) is 0 Å². The van der Waals surface area contributed by atoms with Crippen LogP contribution < -0.4 is 4.74 Å². The second-order valence-corrected chi connectivity index (χ2v) is 7.33. The zero-order chi connectivity index (χ0) is 18.4. The summed E-state index contributed by atoms with van der Waals surface area (Å²) in [6.45, 7) is 6.30. The Morgan fingerprint density at radius 1 is 1.28 bits per heavy atom. The minimum Gasteiger partial charge on any atom is -0.497 e. The van der Waals surface area contributed by atoms with E-state index in [0.717, 1.165) is 11.3 Å². The number of likely N-dealkylation sites (tertiary alicyclic amines) is 1. The van der Waals surface area contributed by atoms with E-state index in [1.807, 2.05) is 24.3 Å². The Morgan fingerprint density at radius 2 is 1.96 bits per heavy atom. The van der Waals surface area contributed by atoms with Crippen LogP contribution in [0.1, 0.15) is 39.2 Å². The molecular weight excluding hydrogens is 325 g/mol. The fraction of sp³-hybridized carbons (Fsp3) is 0.632. The Bertz CT molecular complexity index is 556. The van der Waals surface area contributed by atoms with E-state index in [1.54, 1.807) is 27.9 Å². The van der Waals surface area contributed by atoms with Crippen molar-refractivity contribution in [1.82, 2.24) is 4.90 Å². The Balaban J connectivity index is 1.86. The lowest BCUT2D eigenvalue weighted by Crippen LogP contribution is -2.39. The van der Waals surface area contributed by atoms with Crippen molar-refractivity contribution in [2.75, 3.05) is 20.2 Å². The van der Waals surface area contributed by atoms with Gasteiger partial charge in [-0.05, 0) is 44.9 Å². The van der Waals surface area contributed by atoms with Crippen molar-refractivity contribution in [3.63, 3.8) is 0 Å². The van der Waals surface area contributed by atoms with Gasteiger partial charge in [0.05, 0.1) is 26.4 Å². The number of hydrogen-bond acceptors (Lipinski definition) is 4. The van der Waals surface area contributed by atoms with Crippen LogP contribution in [0.2, 0.25) is 0 Å². The van der Waals surface area contributed by atoms with Crippen LogP contribution in [0.25, 0.3) is 0 Å². The molecule has 1 heterocycles. The summed E-state index contributed by atoms with van der Waals surface area (Å²) in [7, 11) is 1.62. The lowest BCUT2D eigenvalue weighted by atomic mass is 10.1. The molecule has 1 aliphatic rings. The number of amides is 1. The standard InChI is InChI=1S/C19H28FNO4/c1-19(2,3)25-18(22)21-10-9-17(11-15(20)12-21)24-13-14-5-7-16(23-4)8-6-14/h5-8,15,17H,9-13H2,1-4H3/t15-,17+/m1/s1. The van der Waals surface area contributed by atoms with Crippen LogP contribution in [0.5, 0.6) is 5.75 Å². The molecule has 1 aliphatic heterocycles. The van der Waals surface area contributed by atoms with Crippen molar-refractivity contribution < 1.29 is 23.4 Å². The molecule has 0 bridgehead atoms. The third-order valence-electron chi connectivity index (χ3n) is 3.95. The number of nitrogens with zero attached hydrogens (tertiary/aromatic N) is 1. The molecule has 0 spiro atoms. The maximum Gasteiger partial charge on any atom is 0.410 e. The number of alkyl halides is 1. The Morgan fingerprint density at radius 3 is 2.56 bits per heavy atom. The molecule has 1 aromatic carbocycles. The van der Waals surface area contributed by atoms with Gasteiger partial charge in [-0.25, -0.2) is 9.18 Å². The molecule has 25 heavy (non-hydrogen) atoms. The SMILES string of the molecule is COc1ccc(CO[C@H]2CCN(C(=O)OC(C)(C)C)C[C@H](F)C2)cc1. The number of halogens is 1. The number of hydrogen-bond donors (Lipinski definition) is 0. The van der Waals surface area contributed by atoms with Crippen LogP contribution in [-0.4, -0.2) is 49.1 Å². The number of carbonyl (C=O) groups is 1. The summed E-state index contributed by atoms with van der Waals surface area (Å²) < 4.78 is 30.5. The van der Waals surface area contributed by atoms with E-state index in [2.05, 4.69) is 0 Å². The second kappa shape index (κ2) is 8.52. The van der Waals surface area contributed by atoms with Crippen molar-refractivity contribution in [2.24, 2.45) is 0 Å². The predicted molar refractivity (Wildman–Crippen MR) is 93.5 cm³/mol. The Kier molecular flexibility index (Phi) is 6.64. The average molecular weight is 353 g/mol. The van der Waals surface area contributed by atoms with Crippen molar-refractivity contribution >= 4 is 6.09 Å². The average Bonchev–Trinajstić information content (AvgIpc) is 2.73. The zero-order valence-electron chi connectivity index (χ0n) is 15.5. The molecule has 2 rings (SSSR count). The van der Waals surface area contributed by atoms with Gasteiger partial charge in [0.2, 0.25) is 0 Å². The molecular formula is C19H28FNO4. The zero-order valence-corrected chi connectivity index (χ0v) is 15.5. The number of carbonyl (C=O) groups excluding carboxylic acids is 1. The normalized spacial score (nSPS) is 21.6. The molecule has 0 saturated carbocycles. The van der Waals surface area contributed by atoms with E-state index in [4.69, 9.17) is 14.2 Å². The largest absolute Gasteiger partial charge is 0.497 e. The summed E-state index contributed by atoms with van der Waals surface area (Å²) in [6.07, 6.45) is -0.919. The lowest BCUT2D eigenvalue weighted by molar-refractivity contribution is 0.0189. The molecule has 1 aromatic rings. The molecule has 1 saturated heterocycles. The highest BCUT2D eigenvalue weighted by molar-refractivity contribution is 5.68. The highest BCUT2D eigenvalue weighted by Gasteiger charge is 2.30. The number of methoxy groups -OCH3 is 1. The fourth-order valence-electron chi connectivity index (χ4n) is 2.69. The van der Waals surface area contributed by atoms with Gasteiger partial charge in [0.1, 0.15) is 17.5 Å². The van der Waals surface area contributed by atoms with E-state index in [9.17, 15) is 9.18 Å². The highest BCUT2D eigenvalue weighted by Crippen LogP contribution is 2.21. The summed E-state index contributed by atoms with van der Waals surface area (Å²) >= 11 is 0. The molecule has 1 amide bonds. The molecule has 140 valence electrons. The Labute approximate surface area is 149 Å². The maximum absolute atomic E-state index is 14.2. The molecule has 1 fully saturated rings. The first-order chi connectivity index (χ1) is 11.8.